The van der Waals surface area contributed by atoms with E-state index in [4.69, 9.17) is 0 Å². The highest BCUT2D eigenvalue weighted by molar-refractivity contribution is 5.97. The molecule has 0 saturated heterocycles. The van der Waals surface area contributed by atoms with E-state index < -0.39 is 0 Å². The second-order valence-electron chi connectivity index (χ2n) is 15.4. The molecule has 54 heavy (non-hydrogen) atoms. The third-order valence-corrected chi connectivity index (χ3v) is 12.5. The summed E-state index contributed by atoms with van der Waals surface area (Å²) in [5, 5.41) is 6.89. The van der Waals surface area contributed by atoms with Crippen LogP contribution >= 0.6 is 0 Å². The van der Waals surface area contributed by atoms with Crippen molar-refractivity contribution in [2.45, 2.75) is 50.5 Å². The summed E-state index contributed by atoms with van der Waals surface area (Å²) in [6, 6.07) is 47.4. The van der Waals surface area contributed by atoms with Gasteiger partial charge in [-0.3, -0.25) is 0 Å². The molecular weight excluding hydrogens is 653 g/mol. The molecule has 5 aromatic carbocycles. The Morgan fingerprint density at radius 1 is 0.630 bits per heavy atom. The fraction of sp³-hybridized carbons (Fsp3) is 0.154. The average Bonchev–Trinajstić information content (AvgIpc) is 3.76. The minimum Gasteiger partial charge on any atom is -0.333 e. The molecule has 1 aromatic heterocycles. The highest BCUT2D eigenvalue weighted by Gasteiger charge is 2.36. The minimum absolute atomic E-state index is 0.265. The predicted molar refractivity (Wildman–Crippen MR) is 228 cm³/mol. The number of anilines is 2. The third kappa shape index (κ3) is 5.08. The van der Waals surface area contributed by atoms with E-state index >= 15 is 0 Å². The summed E-state index contributed by atoms with van der Waals surface area (Å²) in [5.41, 5.74) is 15.2. The molecule has 5 aliphatic rings. The quantitative estimate of drug-likeness (QED) is 0.175. The van der Waals surface area contributed by atoms with Gasteiger partial charge >= 0.3 is 0 Å². The fourth-order valence-corrected chi connectivity index (χ4v) is 9.92. The van der Waals surface area contributed by atoms with Crippen LogP contribution in [0.2, 0.25) is 0 Å². The van der Waals surface area contributed by atoms with Gasteiger partial charge in [-0.15, -0.1) is 0 Å². The summed E-state index contributed by atoms with van der Waals surface area (Å²) in [4.78, 5) is 2.55. The molecule has 0 bridgehead atoms. The molecule has 6 aromatic rings. The van der Waals surface area contributed by atoms with Gasteiger partial charge in [0.05, 0.1) is 11.6 Å². The molecule has 2 heteroatoms. The molecule has 0 spiro atoms. The van der Waals surface area contributed by atoms with Crippen LogP contribution in [0.1, 0.15) is 61.1 Å². The van der Waals surface area contributed by atoms with Crippen LogP contribution in [0.4, 0.5) is 11.4 Å². The first-order chi connectivity index (χ1) is 26.8. The van der Waals surface area contributed by atoms with Crippen molar-refractivity contribution in [3.05, 3.63) is 195 Å². The van der Waals surface area contributed by atoms with E-state index in [1.165, 1.54) is 88.0 Å². The monoisotopic (exact) mass is 694 g/mol. The summed E-state index contributed by atoms with van der Waals surface area (Å²) >= 11 is 0. The Morgan fingerprint density at radius 3 is 2.30 bits per heavy atom. The topological polar surface area (TPSA) is 8.17 Å². The summed E-state index contributed by atoms with van der Waals surface area (Å²) < 4.78 is 2.59. The Hall–Kier alpha value is -6.12. The molecule has 4 aliphatic carbocycles. The molecule has 2 atom stereocenters. The van der Waals surface area contributed by atoms with Crippen molar-refractivity contribution in [3.8, 4) is 0 Å². The van der Waals surface area contributed by atoms with Crippen molar-refractivity contribution >= 4 is 62.9 Å². The van der Waals surface area contributed by atoms with Gasteiger partial charge in [0.2, 0.25) is 0 Å². The lowest BCUT2D eigenvalue weighted by molar-refractivity contribution is 0.841. The van der Waals surface area contributed by atoms with E-state index in [1.807, 2.05) is 0 Å². The lowest BCUT2D eigenvalue weighted by Gasteiger charge is -2.30. The van der Waals surface area contributed by atoms with Gasteiger partial charge in [0, 0.05) is 44.5 Å². The highest BCUT2D eigenvalue weighted by atomic mass is 15.2. The van der Waals surface area contributed by atoms with Gasteiger partial charge < -0.3 is 9.47 Å². The smallest absolute Gasteiger partial charge is 0.0638 e. The Labute approximate surface area is 316 Å². The van der Waals surface area contributed by atoms with Crippen LogP contribution in [0, 0.1) is 0 Å². The van der Waals surface area contributed by atoms with E-state index in [1.54, 1.807) is 0 Å². The molecule has 2 heterocycles. The molecule has 11 rings (SSSR count). The first-order valence-corrected chi connectivity index (χ1v) is 19.7. The van der Waals surface area contributed by atoms with Crippen LogP contribution in [-0.2, 0) is 0 Å². The van der Waals surface area contributed by atoms with E-state index in [0.29, 0.717) is 5.92 Å². The average molecular weight is 695 g/mol. The van der Waals surface area contributed by atoms with E-state index in [-0.39, 0.29) is 6.04 Å². The number of benzene rings is 5. The zero-order valence-corrected chi connectivity index (χ0v) is 30.5. The number of rotatable bonds is 5. The van der Waals surface area contributed by atoms with Crippen molar-refractivity contribution in [2.24, 2.45) is 0 Å². The summed E-state index contributed by atoms with van der Waals surface area (Å²) in [6.07, 6.45) is 23.4. The lowest BCUT2D eigenvalue weighted by Crippen LogP contribution is -2.32. The van der Waals surface area contributed by atoms with Crippen molar-refractivity contribution < 1.29 is 0 Å². The second-order valence-corrected chi connectivity index (χ2v) is 15.4. The third-order valence-electron chi connectivity index (χ3n) is 12.5. The van der Waals surface area contributed by atoms with Gasteiger partial charge in [-0.1, -0.05) is 134 Å². The Morgan fingerprint density at radius 2 is 1.43 bits per heavy atom. The van der Waals surface area contributed by atoms with Crippen molar-refractivity contribution in [1.29, 1.82) is 0 Å². The van der Waals surface area contributed by atoms with Crippen LogP contribution in [-0.4, -0.2) is 10.6 Å². The molecule has 0 N–H and O–H groups in total. The normalized spacial score (nSPS) is 19.9. The number of hydrogen-bond acceptors (Lipinski definition) is 1. The fourth-order valence-electron chi connectivity index (χ4n) is 9.92. The molecule has 0 radical (unpaired) electrons. The maximum atomic E-state index is 2.59. The number of para-hydroxylation sites is 2. The van der Waals surface area contributed by atoms with Gasteiger partial charge in [-0.2, -0.15) is 0 Å². The first-order valence-electron chi connectivity index (χ1n) is 19.7. The maximum Gasteiger partial charge on any atom is 0.0638 e. The van der Waals surface area contributed by atoms with Crippen LogP contribution < -0.4 is 25.9 Å². The highest BCUT2D eigenvalue weighted by Crippen LogP contribution is 2.49. The van der Waals surface area contributed by atoms with Gasteiger partial charge in [-0.25, -0.2) is 0 Å². The van der Waals surface area contributed by atoms with E-state index in [9.17, 15) is 0 Å². The number of fused-ring (bicyclic) bond motifs is 7. The summed E-state index contributed by atoms with van der Waals surface area (Å²) in [5.74, 6) is 0.364. The second kappa shape index (κ2) is 12.8. The van der Waals surface area contributed by atoms with Crippen LogP contribution in [0.25, 0.3) is 51.5 Å². The molecule has 2 nitrogen and oxygen atoms in total. The van der Waals surface area contributed by atoms with Gasteiger partial charge in [-0.05, 0) is 119 Å². The number of nitrogens with zero attached hydrogens (tertiary/aromatic N) is 2. The van der Waals surface area contributed by atoms with Crippen molar-refractivity contribution in [1.82, 2.24) is 4.57 Å². The SMILES string of the molecule is C1=C(C2=c3ccccc3=CCC2)CCC(n2c3c(c4cc(C5=CC=C6c7ccccc7N(c7ccccc7)C6C5)ccc42)=CC(c2ccccc2)CC=3)=C1. The van der Waals surface area contributed by atoms with Crippen LogP contribution in [0.5, 0.6) is 0 Å². The molecule has 0 fully saturated rings. The van der Waals surface area contributed by atoms with Crippen molar-refractivity contribution in [2.75, 3.05) is 4.90 Å². The van der Waals surface area contributed by atoms with E-state index in [0.717, 1.165) is 38.5 Å². The molecule has 2 unspecified atom stereocenters. The van der Waals surface area contributed by atoms with E-state index in [2.05, 4.69) is 179 Å². The lowest BCUT2D eigenvalue weighted by atomic mass is 9.87. The van der Waals surface area contributed by atoms with Gasteiger partial charge in [0.1, 0.15) is 0 Å². The molecule has 260 valence electrons. The number of hydrogen-bond donors (Lipinski definition) is 0. The molecule has 1 aliphatic heterocycles. The Kier molecular flexibility index (Phi) is 7.43. The van der Waals surface area contributed by atoms with Gasteiger partial charge in [0.15, 0.2) is 0 Å². The zero-order valence-electron chi connectivity index (χ0n) is 30.5. The summed E-state index contributed by atoms with van der Waals surface area (Å²) in [7, 11) is 0. The number of allylic oxidation sites excluding steroid dienone is 6. The molecular formula is C52H42N2. The number of aromatic nitrogens is 1. The minimum atomic E-state index is 0.265. The molecule has 0 saturated carbocycles. The Bertz CT molecular complexity index is 2880. The maximum absolute atomic E-state index is 2.59. The Balaban J connectivity index is 1.03. The first kappa shape index (κ1) is 31.4. The zero-order chi connectivity index (χ0) is 35.6. The van der Waals surface area contributed by atoms with Crippen molar-refractivity contribution in [3.63, 3.8) is 0 Å². The standard InChI is InChI=1S/C52H42N2/c1-3-12-35(13-4-1)38-25-30-50-47(32-38)48-33-39(40-24-29-46-45-19-9-10-21-49(45)54(52(46)34-40)41-16-5-2-6-17-41)26-31-51(48)53(50)42-27-22-37(23-28-42)44-20-11-15-36-14-7-8-18-43(36)44/h1-10,12-19,21-22,24,26-27,29-33,38,52H,11,20,23,25,28,34H2. The largest absolute Gasteiger partial charge is 0.333 e. The van der Waals surface area contributed by atoms with Crippen LogP contribution in [0.3, 0.4) is 0 Å². The predicted octanol–water partition coefficient (Wildman–Crippen LogP) is 9.77. The molecule has 0 amide bonds. The van der Waals surface area contributed by atoms with Crippen LogP contribution in [0.15, 0.2) is 157 Å². The van der Waals surface area contributed by atoms with Gasteiger partial charge in [0.25, 0.3) is 0 Å². The summed E-state index contributed by atoms with van der Waals surface area (Å²) in [6.45, 7) is 0.